The van der Waals surface area contributed by atoms with Gasteiger partial charge in [-0.05, 0) is 49.1 Å². The molecule has 2 aromatic carbocycles. The fourth-order valence-corrected chi connectivity index (χ4v) is 6.65. The molecular formula is C30H33N5O5S. The van der Waals surface area contributed by atoms with Gasteiger partial charge in [0.2, 0.25) is 18.6 Å². The van der Waals surface area contributed by atoms with Crippen molar-refractivity contribution < 1.29 is 23.9 Å². The Morgan fingerprint density at radius 1 is 1.07 bits per heavy atom. The molecule has 0 saturated heterocycles. The SMILES string of the molecule is CCC(SC1=Nc2ccccc2C2=NC(=O)C(CC(=O)NCc3ccc4c(c3)OCO4)N12)C(=O)NC1CCCCC1. The van der Waals surface area contributed by atoms with Gasteiger partial charge in [0.25, 0.3) is 5.91 Å². The van der Waals surface area contributed by atoms with E-state index in [0.717, 1.165) is 36.8 Å². The number of rotatable bonds is 8. The Bertz CT molecular complexity index is 1420. The summed E-state index contributed by atoms with van der Waals surface area (Å²) in [5.41, 5.74) is 2.28. The molecule has 0 spiro atoms. The zero-order valence-electron chi connectivity index (χ0n) is 22.9. The lowest BCUT2D eigenvalue weighted by atomic mass is 9.95. The number of aliphatic imine (C=N–C) groups is 2. The topological polar surface area (TPSA) is 122 Å². The second kappa shape index (κ2) is 11.9. The number of ether oxygens (including phenoxy) is 2. The van der Waals surface area contributed by atoms with E-state index in [0.29, 0.717) is 34.6 Å². The molecule has 214 valence electrons. The number of fused-ring (bicyclic) bond motifs is 4. The van der Waals surface area contributed by atoms with E-state index in [4.69, 9.17) is 14.5 Å². The molecular weight excluding hydrogens is 542 g/mol. The van der Waals surface area contributed by atoms with Crippen molar-refractivity contribution in [2.45, 2.75) is 75.7 Å². The van der Waals surface area contributed by atoms with Gasteiger partial charge in [0.05, 0.1) is 17.4 Å². The minimum Gasteiger partial charge on any atom is -0.454 e. The van der Waals surface area contributed by atoms with E-state index in [-0.39, 0.29) is 37.6 Å². The minimum atomic E-state index is -0.847. The second-order valence-electron chi connectivity index (χ2n) is 10.6. The summed E-state index contributed by atoms with van der Waals surface area (Å²) >= 11 is 1.33. The van der Waals surface area contributed by atoms with Crippen molar-refractivity contribution in [1.29, 1.82) is 0 Å². The van der Waals surface area contributed by atoms with Crippen LogP contribution in [0.3, 0.4) is 0 Å². The van der Waals surface area contributed by atoms with Crippen LogP contribution in [0.5, 0.6) is 11.5 Å². The molecule has 10 nitrogen and oxygen atoms in total. The third-order valence-corrected chi connectivity index (χ3v) is 9.11. The van der Waals surface area contributed by atoms with Crippen molar-refractivity contribution in [2.75, 3.05) is 6.79 Å². The maximum atomic E-state index is 13.3. The van der Waals surface area contributed by atoms with Crippen LogP contribution < -0.4 is 20.1 Å². The molecule has 0 bridgehead atoms. The Balaban J connectivity index is 1.18. The average molecular weight is 576 g/mol. The highest BCUT2D eigenvalue weighted by Gasteiger charge is 2.43. The van der Waals surface area contributed by atoms with Crippen molar-refractivity contribution in [3.8, 4) is 11.5 Å². The quantitative estimate of drug-likeness (QED) is 0.487. The number of thioether (sulfide) groups is 1. The normalized spacial score (nSPS) is 20.1. The molecule has 3 amide bonds. The molecule has 41 heavy (non-hydrogen) atoms. The van der Waals surface area contributed by atoms with Crippen LogP contribution in [-0.4, -0.2) is 57.8 Å². The predicted molar refractivity (Wildman–Crippen MR) is 156 cm³/mol. The first kappa shape index (κ1) is 27.3. The number of nitrogens with zero attached hydrogens (tertiary/aromatic N) is 3. The number of amides is 3. The predicted octanol–water partition coefficient (Wildman–Crippen LogP) is 4.04. The highest BCUT2D eigenvalue weighted by molar-refractivity contribution is 8.15. The molecule has 1 saturated carbocycles. The summed E-state index contributed by atoms with van der Waals surface area (Å²) < 4.78 is 10.8. The zero-order valence-corrected chi connectivity index (χ0v) is 23.7. The average Bonchev–Trinajstić information content (AvgIpc) is 3.59. The van der Waals surface area contributed by atoms with Crippen LogP contribution in [0, 0.1) is 0 Å². The summed E-state index contributed by atoms with van der Waals surface area (Å²) in [6.45, 7) is 2.43. The van der Waals surface area contributed by atoms with Crippen LogP contribution in [-0.2, 0) is 20.9 Å². The molecule has 1 aliphatic carbocycles. The number of carbonyl (C=O) groups excluding carboxylic acids is 3. The summed E-state index contributed by atoms with van der Waals surface area (Å²) in [7, 11) is 0. The van der Waals surface area contributed by atoms with Crippen LogP contribution in [0.1, 0.15) is 63.0 Å². The molecule has 2 atom stereocenters. The van der Waals surface area contributed by atoms with E-state index in [1.165, 1.54) is 18.2 Å². The minimum absolute atomic E-state index is 0.0204. The van der Waals surface area contributed by atoms with E-state index >= 15 is 0 Å². The smallest absolute Gasteiger partial charge is 0.271 e. The van der Waals surface area contributed by atoms with Gasteiger partial charge >= 0.3 is 0 Å². The first-order chi connectivity index (χ1) is 20.0. The molecule has 11 heteroatoms. The highest BCUT2D eigenvalue weighted by atomic mass is 32.2. The lowest BCUT2D eigenvalue weighted by molar-refractivity contribution is -0.126. The van der Waals surface area contributed by atoms with Gasteiger partial charge in [-0.1, -0.05) is 56.1 Å². The van der Waals surface area contributed by atoms with Gasteiger partial charge in [-0.2, -0.15) is 4.99 Å². The standard InChI is InChI=1S/C30H33N5O5S/c1-2-25(29(38)32-19-8-4-3-5-9-19)41-30-33-21-11-7-6-10-20(21)27-34-28(37)22(35(27)30)15-26(36)31-16-18-12-13-23-24(14-18)40-17-39-23/h6-7,10-14,19,22,25H,2-5,8-9,15-17H2,1H3,(H,31,36)(H,32,38). The van der Waals surface area contributed by atoms with E-state index in [1.54, 1.807) is 4.90 Å². The lowest BCUT2D eigenvalue weighted by Gasteiger charge is -2.32. The molecule has 4 aliphatic rings. The Morgan fingerprint density at radius 2 is 1.88 bits per heavy atom. The van der Waals surface area contributed by atoms with Gasteiger partial charge in [-0.15, -0.1) is 0 Å². The summed E-state index contributed by atoms with van der Waals surface area (Å²) in [4.78, 5) is 50.5. The van der Waals surface area contributed by atoms with Crippen LogP contribution in [0.4, 0.5) is 5.69 Å². The maximum absolute atomic E-state index is 13.3. The maximum Gasteiger partial charge on any atom is 0.271 e. The fourth-order valence-electron chi connectivity index (χ4n) is 5.57. The Kier molecular flexibility index (Phi) is 7.95. The number of carbonyl (C=O) groups is 3. The van der Waals surface area contributed by atoms with E-state index < -0.39 is 17.2 Å². The largest absolute Gasteiger partial charge is 0.454 e. The van der Waals surface area contributed by atoms with Gasteiger partial charge in [0.15, 0.2) is 16.7 Å². The summed E-state index contributed by atoms with van der Waals surface area (Å²) in [6, 6.07) is 12.3. The first-order valence-electron chi connectivity index (χ1n) is 14.2. The van der Waals surface area contributed by atoms with Gasteiger partial charge < -0.3 is 20.1 Å². The van der Waals surface area contributed by atoms with Gasteiger partial charge in [-0.3, -0.25) is 19.3 Å². The van der Waals surface area contributed by atoms with E-state index in [9.17, 15) is 14.4 Å². The molecule has 0 aromatic heterocycles. The van der Waals surface area contributed by atoms with Crippen LogP contribution in [0.15, 0.2) is 52.4 Å². The van der Waals surface area contributed by atoms with Gasteiger partial charge in [-0.25, -0.2) is 4.99 Å². The van der Waals surface area contributed by atoms with Crippen LogP contribution >= 0.6 is 11.8 Å². The van der Waals surface area contributed by atoms with Crippen molar-refractivity contribution in [2.24, 2.45) is 9.98 Å². The van der Waals surface area contributed by atoms with Crippen molar-refractivity contribution in [1.82, 2.24) is 15.5 Å². The third kappa shape index (κ3) is 5.81. The molecule has 1 fully saturated rings. The molecule has 3 heterocycles. The lowest BCUT2D eigenvalue weighted by Crippen LogP contribution is -2.47. The number of hydrogen-bond donors (Lipinski definition) is 2. The first-order valence-corrected chi connectivity index (χ1v) is 15.1. The van der Waals surface area contributed by atoms with Crippen molar-refractivity contribution in [3.05, 3.63) is 53.6 Å². The molecule has 2 N–H and O–H groups in total. The van der Waals surface area contributed by atoms with E-state index in [2.05, 4.69) is 15.6 Å². The molecule has 6 rings (SSSR count). The number of amidine groups is 2. The molecule has 3 aliphatic heterocycles. The number of hydrogen-bond acceptors (Lipinski definition) is 8. The van der Waals surface area contributed by atoms with E-state index in [1.807, 2.05) is 49.4 Å². The van der Waals surface area contributed by atoms with Crippen molar-refractivity contribution in [3.63, 3.8) is 0 Å². The number of para-hydroxylation sites is 1. The fraction of sp³-hybridized carbons (Fsp3) is 0.433. The van der Waals surface area contributed by atoms with Gasteiger partial charge in [0, 0.05) is 18.2 Å². The number of nitrogens with one attached hydrogen (secondary N) is 2. The van der Waals surface area contributed by atoms with Crippen molar-refractivity contribution >= 4 is 46.2 Å². The number of benzene rings is 2. The second-order valence-corrected chi connectivity index (χ2v) is 11.8. The summed E-state index contributed by atoms with van der Waals surface area (Å²) in [6.07, 6.45) is 5.98. The Morgan fingerprint density at radius 3 is 2.71 bits per heavy atom. The Labute approximate surface area is 243 Å². The molecule has 2 unspecified atom stereocenters. The Hall–Kier alpha value is -3.86. The van der Waals surface area contributed by atoms with Crippen LogP contribution in [0.25, 0.3) is 0 Å². The zero-order chi connectivity index (χ0) is 28.3. The molecule has 0 radical (unpaired) electrons. The highest BCUT2D eigenvalue weighted by Crippen LogP contribution is 2.37. The summed E-state index contributed by atoms with van der Waals surface area (Å²) in [5.74, 6) is 1.08. The third-order valence-electron chi connectivity index (χ3n) is 7.78. The molecule has 2 aromatic rings. The van der Waals surface area contributed by atoms with Gasteiger partial charge in [0.1, 0.15) is 11.9 Å². The monoisotopic (exact) mass is 575 g/mol. The van der Waals surface area contributed by atoms with Crippen LogP contribution in [0.2, 0.25) is 0 Å². The summed E-state index contributed by atoms with van der Waals surface area (Å²) in [5, 5.41) is 6.25.